The van der Waals surface area contributed by atoms with Crippen molar-refractivity contribution in [2.45, 2.75) is 42.7 Å². The second-order valence-electron chi connectivity index (χ2n) is 4.75. The Labute approximate surface area is 121 Å². The maximum atomic E-state index is 12.0. The Hall–Kier alpha value is 0.0900. The fourth-order valence-electron chi connectivity index (χ4n) is 2.39. The van der Waals surface area contributed by atoms with Crippen molar-refractivity contribution in [1.29, 1.82) is 0 Å². The van der Waals surface area contributed by atoms with Gasteiger partial charge >= 0.3 is 0 Å². The summed E-state index contributed by atoms with van der Waals surface area (Å²) in [6.45, 7) is 0.558. The van der Waals surface area contributed by atoms with Crippen LogP contribution in [0, 0.1) is 5.92 Å². The van der Waals surface area contributed by atoms with Gasteiger partial charge in [0.1, 0.15) is 4.21 Å². The summed E-state index contributed by atoms with van der Waals surface area (Å²) in [5, 5.41) is 0. The van der Waals surface area contributed by atoms with Gasteiger partial charge < -0.3 is 0 Å². The molecule has 1 aliphatic rings. The van der Waals surface area contributed by atoms with Gasteiger partial charge in [0.2, 0.25) is 10.0 Å². The van der Waals surface area contributed by atoms with E-state index in [2.05, 4.69) is 20.7 Å². The van der Waals surface area contributed by atoms with Crippen molar-refractivity contribution in [3.05, 3.63) is 15.9 Å². The number of hydrogen-bond donors (Lipinski definition) is 1. The molecule has 0 radical (unpaired) electrons. The minimum Gasteiger partial charge on any atom is -0.210 e. The monoisotopic (exact) mass is 351 g/mol. The fourth-order valence-corrected chi connectivity index (χ4v) is 5.49. The van der Waals surface area contributed by atoms with E-state index in [-0.39, 0.29) is 0 Å². The second-order valence-corrected chi connectivity index (χ2v) is 9.21. The van der Waals surface area contributed by atoms with Crippen LogP contribution < -0.4 is 4.72 Å². The number of nitrogens with one attached hydrogen (secondary N) is 1. The third kappa shape index (κ3) is 4.05. The normalized spacial score (nSPS) is 18.1. The van der Waals surface area contributed by atoms with E-state index >= 15 is 0 Å². The standard InChI is InChI=1S/C12H18BrNO2S2/c13-11-6-7-12(17-11)18(15,16)14-9-8-10-4-2-1-3-5-10/h6-7,10,14H,1-5,8-9H2. The Morgan fingerprint density at radius 2 is 2.00 bits per heavy atom. The molecule has 2 rings (SSSR count). The molecule has 18 heavy (non-hydrogen) atoms. The zero-order chi connectivity index (χ0) is 13.0. The Bertz CT molecular complexity index is 478. The van der Waals surface area contributed by atoms with Gasteiger partial charge in [-0.25, -0.2) is 13.1 Å². The molecule has 1 aromatic heterocycles. The molecule has 0 saturated heterocycles. The van der Waals surface area contributed by atoms with Crippen LogP contribution >= 0.6 is 27.3 Å². The Kier molecular flexibility index (Phi) is 5.24. The van der Waals surface area contributed by atoms with E-state index in [1.54, 1.807) is 12.1 Å². The van der Waals surface area contributed by atoms with E-state index in [9.17, 15) is 8.42 Å². The van der Waals surface area contributed by atoms with Crippen LogP contribution in [-0.2, 0) is 10.0 Å². The van der Waals surface area contributed by atoms with Crippen LogP contribution in [0.15, 0.2) is 20.1 Å². The molecule has 1 N–H and O–H groups in total. The number of rotatable bonds is 5. The highest BCUT2D eigenvalue weighted by molar-refractivity contribution is 9.11. The molecule has 0 amide bonds. The van der Waals surface area contributed by atoms with E-state index < -0.39 is 10.0 Å². The number of halogens is 1. The first-order chi connectivity index (χ1) is 8.58. The molecule has 1 heterocycles. The van der Waals surface area contributed by atoms with Crippen molar-refractivity contribution in [1.82, 2.24) is 4.72 Å². The molecule has 1 aromatic rings. The molecule has 1 aliphatic carbocycles. The molecule has 0 unspecified atom stereocenters. The Morgan fingerprint density at radius 3 is 2.61 bits per heavy atom. The SMILES string of the molecule is O=S(=O)(NCCC1CCCCC1)c1ccc(Br)s1. The van der Waals surface area contributed by atoms with Gasteiger partial charge in [-0.3, -0.25) is 0 Å². The summed E-state index contributed by atoms with van der Waals surface area (Å²) in [5.74, 6) is 0.705. The maximum absolute atomic E-state index is 12.0. The quantitative estimate of drug-likeness (QED) is 0.877. The van der Waals surface area contributed by atoms with Crippen LogP contribution in [0.1, 0.15) is 38.5 Å². The number of hydrogen-bond acceptors (Lipinski definition) is 3. The lowest BCUT2D eigenvalue weighted by molar-refractivity contribution is 0.340. The molecule has 0 aromatic carbocycles. The van der Waals surface area contributed by atoms with Gasteiger partial charge in [-0.1, -0.05) is 32.1 Å². The van der Waals surface area contributed by atoms with Crippen LogP contribution in [0.25, 0.3) is 0 Å². The van der Waals surface area contributed by atoms with Gasteiger partial charge in [0.05, 0.1) is 3.79 Å². The van der Waals surface area contributed by atoms with Gasteiger partial charge in [0.15, 0.2) is 0 Å². The summed E-state index contributed by atoms with van der Waals surface area (Å²) < 4.78 is 27.9. The maximum Gasteiger partial charge on any atom is 0.250 e. The highest BCUT2D eigenvalue weighted by atomic mass is 79.9. The smallest absolute Gasteiger partial charge is 0.210 e. The molecular formula is C12H18BrNO2S2. The van der Waals surface area contributed by atoms with E-state index in [4.69, 9.17) is 0 Å². The third-order valence-electron chi connectivity index (χ3n) is 3.38. The van der Waals surface area contributed by atoms with Crippen molar-refractivity contribution in [3.63, 3.8) is 0 Å². The van der Waals surface area contributed by atoms with E-state index in [0.717, 1.165) is 10.2 Å². The Balaban J connectivity index is 1.82. The van der Waals surface area contributed by atoms with Crippen LogP contribution in [0.4, 0.5) is 0 Å². The largest absolute Gasteiger partial charge is 0.250 e. The highest BCUT2D eigenvalue weighted by Crippen LogP contribution is 2.27. The molecule has 3 nitrogen and oxygen atoms in total. The molecule has 1 fully saturated rings. The summed E-state index contributed by atoms with van der Waals surface area (Å²) in [6, 6.07) is 3.40. The summed E-state index contributed by atoms with van der Waals surface area (Å²) in [7, 11) is -3.30. The molecule has 102 valence electrons. The van der Waals surface area contributed by atoms with Gasteiger partial charge in [0.25, 0.3) is 0 Å². The van der Waals surface area contributed by atoms with Crippen LogP contribution in [0.3, 0.4) is 0 Å². The van der Waals surface area contributed by atoms with Gasteiger partial charge in [-0.05, 0) is 40.4 Å². The molecule has 0 aliphatic heterocycles. The zero-order valence-corrected chi connectivity index (χ0v) is 13.4. The van der Waals surface area contributed by atoms with Crippen LogP contribution in [-0.4, -0.2) is 15.0 Å². The van der Waals surface area contributed by atoms with Crippen molar-refractivity contribution in [2.75, 3.05) is 6.54 Å². The molecule has 0 spiro atoms. The predicted molar refractivity (Wildman–Crippen MR) is 78.4 cm³/mol. The molecule has 6 heteroatoms. The summed E-state index contributed by atoms with van der Waals surface area (Å²) in [6.07, 6.45) is 7.42. The second kappa shape index (κ2) is 6.50. The lowest BCUT2D eigenvalue weighted by atomic mass is 9.87. The lowest BCUT2D eigenvalue weighted by Gasteiger charge is -2.21. The first-order valence-corrected chi connectivity index (χ1v) is 9.42. The van der Waals surface area contributed by atoms with Gasteiger partial charge in [-0.15, -0.1) is 11.3 Å². The zero-order valence-electron chi connectivity index (χ0n) is 10.2. The van der Waals surface area contributed by atoms with Crippen molar-refractivity contribution in [3.8, 4) is 0 Å². The number of sulfonamides is 1. The number of thiophene rings is 1. The van der Waals surface area contributed by atoms with Crippen LogP contribution in [0.5, 0.6) is 0 Å². The van der Waals surface area contributed by atoms with E-state index in [0.29, 0.717) is 16.7 Å². The lowest BCUT2D eigenvalue weighted by Crippen LogP contribution is -2.26. The summed E-state index contributed by atoms with van der Waals surface area (Å²) >= 11 is 4.53. The van der Waals surface area contributed by atoms with Crippen LogP contribution in [0.2, 0.25) is 0 Å². The topological polar surface area (TPSA) is 46.2 Å². The molecular weight excluding hydrogens is 334 g/mol. The minimum atomic E-state index is -3.30. The first-order valence-electron chi connectivity index (χ1n) is 6.33. The van der Waals surface area contributed by atoms with Gasteiger partial charge in [0, 0.05) is 6.54 Å². The predicted octanol–water partition coefficient (Wildman–Crippen LogP) is 3.76. The van der Waals surface area contributed by atoms with Crippen molar-refractivity contribution < 1.29 is 8.42 Å². The van der Waals surface area contributed by atoms with E-state index in [1.165, 1.54) is 43.4 Å². The summed E-state index contributed by atoms with van der Waals surface area (Å²) in [5.41, 5.74) is 0. The average molecular weight is 352 g/mol. The fraction of sp³-hybridized carbons (Fsp3) is 0.667. The Morgan fingerprint density at radius 1 is 1.28 bits per heavy atom. The van der Waals surface area contributed by atoms with Gasteiger partial charge in [-0.2, -0.15) is 0 Å². The van der Waals surface area contributed by atoms with E-state index in [1.807, 2.05) is 0 Å². The highest BCUT2D eigenvalue weighted by Gasteiger charge is 2.18. The molecule has 0 atom stereocenters. The van der Waals surface area contributed by atoms with Crippen molar-refractivity contribution >= 4 is 37.3 Å². The summed E-state index contributed by atoms with van der Waals surface area (Å²) in [4.78, 5) is 0. The van der Waals surface area contributed by atoms with Crippen molar-refractivity contribution in [2.24, 2.45) is 5.92 Å². The first kappa shape index (κ1) is 14.5. The molecule has 1 saturated carbocycles. The minimum absolute atomic E-state index is 0.387. The third-order valence-corrected chi connectivity index (χ3v) is 6.96. The molecule has 0 bridgehead atoms. The average Bonchev–Trinajstić information content (AvgIpc) is 2.78.